The molecule has 2 atom stereocenters. The molecule has 3 N–H and O–H groups in total. The second kappa shape index (κ2) is 21.7. The number of H-pyrrole nitrogens is 1. The summed E-state index contributed by atoms with van der Waals surface area (Å²) in [6, 6.07) is -0.637. The van der Waals surface area contributed by atoms with Crippen LogP contribution in [0.25, 0.3) is 0 Å². The molecule has 0 saturated carbocycles. The number of hydrogen-bond donors (Lipinski definition) is 3. The van der Waals surface area contributed by atoms with Crippen molar-refractivity contribution in [3.05, 3.63) is 18.2 Å². The Kier molecular flexibility index (Phi) is 19.3. The molecule has 1 amide bonds. The lowest BCUT2D eigenvalue weighted by Gasteiger charge is -2.21. The molecule has 218 valence electrons. The van der Waals surface area contributed by atoms with Crippen molar-refractivity contribution < 1.29 is 19.5 Å². The van der Waals surface area contributed by atoms with Crippen molar-refractivity contribution in [1.82, 2.24) is 15.3 Å². The number of imidazole rings is 1. The first kappa shape index (κ1) is 33.8. The van der Waals surface area contributed by atoms with Gasteiger partial charge >= 0.3 is 5.97 Å². The number of amides is 1. The molecule has 0 aliphatic carbocycles. The lowest BCUT2D eigenvalue weighted by molar-refractivity contribution is -0.144. The molecule has 0 fully saturated rings. The van der Waals surface area contributed by atoms with Gasteiger partial charge in [0, 0.05) is 31.2 Å². The third-order valence-corrected chi connectivity index (χ3v) is 7.26. The van der Waals surface area contributed by atoms with Crippen molar-refractivity contribution in [2.75, 3.05) is 0 Å². The summed E-state index contributed by atoms with van der Waals surface area (Å²) in [5.41, 5.74) is 0.683. The van der Waals surface area contributed by atoms with Crippen LogP contribution in [0.15, 0.2) is 12.5 Å². The molecule has 0 aliphatic heterocycles. The van der Waals surface area contributed by atoms with Gasteiger partial charge in [-0.25, -0.2) is 4.98 Å². The predicted octanol–water partition coefficient (Wildman–Crippen LogP) is 7.40. The van der Waals surface area contributed by atoms with E-state index in [1.165, 1.54) is 83.4 Å². The number of carboxylic acid groups (broad SMARTS) is 1. The zero-order valence-electron chi connectivity index (χ0n) is 24.4. The number of nitrogens with one attached hydrogen (secondary N) is 2. The zero-order chi connectivity index (χ0) is 28.0. The third kappa shape index (κ3) is 17.4. The van der Waals surface area contributed by atoms with E-state index in [0.29, 0.717) is 18.5 Å². The molecule has 2 unspecified atom stereocenters. The van der Waals surface area contributed by atoms with Crippen LogP contribution in [0.2, 0.25) is 0 Å². The van der Waals surface area contributed by atoms with Gasteiger partial charge < -0.3 is 15.4 Å². The Morgan fingerprint density at radius 2 is 1.39 bits per heavy atom. The summed E-state index contributed by atoms with van der Waals surface area (Å²) in [7, 11) is 0. The Morgan fingerprint density at radius 1 is 0.868 bits per heavy atom. The summed E-state index contributed by atoms with van der Waals surface area (Å²) in [5.74, 6) is -1.97. The number of Topliss-reactive ketones (excluding diaryl/α,β-unsaturated/α-hetero) is 1. The van der Waals surface area contributed by atoms with Crippen molar-refractivity contribution in [1.29, 1.82) is 0 Å². The molecule has 38 heavy (non-hydrogen) atoms. The number of unbranched alkanes of at least 4 members (excludes halogenated alkanes) is 14. The normalized spacial score (nSPS) is 12.9. The minimum atomic E-state index is -1.01. The highest BCUT2D eigenvalue weighted by Crippen LogP contribution is 2.17. The molecular weight excluding hydrogens is 478 g/mol. The van der Waals surface area contributed by atoms with Crippen molar-refractivity contribution >= 4 is 17.7 Å². The number of aliphatic carboxylic acids is 1. The number of aromatic nitrogens is 2. The minimum absolute atomic E-state index is 0.106. The fourth-order valence-electron chi connectivity index (χ4n) is 4.96. The fourth-order valence-corrected chi connectivity index (χ4v) is 4.96. The molecular formula is C31H55N3O4. The van der Waals surface area contributed by atoms with Gasteiger partial charge in [0.2, 0.25) is 5.91 Å². The summed E-state index contributed by atoms with van der Waals surface area (Å²) in [6.07, 6.45) is 23.3. The highest BCUT2D eigenvalue weighted by atomic mass is 16.4. The third-order valence-electron chi connectivity index (χ3n) is 7.26. The van der Waals surface area contributed by atoms with Crippen LogP contribution < -0.4 is 5.32 Å². The van der Waals surface area contributed by atoms with E-state index in [4.69, 9.17) is 0 Å². The maximum absolute atomic E-state index is 13.0. The van der Waals surface area contributed by atoms with E-state index in [1.807, 2.05) is 13.8 Å². The predicted molar refractivity (Wildman–Crippen MR) is 154 cm³/mol. The van der Waals surface area contributed by atoms with Gasteiger partial charge in [-0.1, -0.05) is 111 Å². The van der Waals surface area contributed by atoms with Crippen molar-refractivity contribution in [3.8, 4) is 0 Å². The summed E-state index contributed by atoms with van der Waals surface area (Å²) < 4.78 is 0. The lowest BCUT2D eigenvalue weighted by Crippen LogP contribution is -2.43. The molecule has 0 aliphatic rings. The van der Waals surface area contributed by atoms with Gasteiger partial charge in [-0.2, -0.15) is 0 Å². The molecule has 1 heterocycles. The summed E-state index contributed by atoms with van der Waals surface area (Å²) in [4.78, 5) is 44.1. The number of carbonyl (C=O) groups is 3. The van der Waals surface area contributed by atoms with Crippen molar-refractivity contribution in [2.24, 2.45) is 11.8 Å². The average Bonchev–Trinajstić information content (AvgIpc) is 3.38. The van der Waals surface area contributed by atoms with E-state index in [0.717, 1.165) is 19.3 Å². The Morgan fingerprint density at radius 3 is 1.84 bits per heavy atom. The first-order valence-corrected chi connectivity index (χ1v) is 15.4. The number of nitrogens with zero attached hydrogens (tertiary/aromatic N) is 1. The van der Waals surface area contributed by atoms with Crippen LogP contribution in [0, 0.1) is 11.8 Å². The van der Waals surface area contributed by atoms with Crippen LogP contribution in [0.3, 0.4) is 0 Å². The molecule has 0 aromatic carbocycles. The lowest BCUT2D eigenvalue weighted by atomic mass is 9.91. The summed E-state index contributed by atoms with van der Waals surface area (Å²) >= 11 is 0. The summed E-state index contributed by atoms with van der Waals surface area (Å²) in [5, 5.41) is 12.5. The van der Waals surface area contributed by atoms with E-state index in [2.05, 4.69) is 22.2 Å². The molecule has 0 spiro atoms. The van der Waals surface area contributed by atoms with Gasteiger partial charge in [0.25, 0.3) is 0 Å². The number of rotatable bonds is 25. The van der Waals surface area contributed by atoms with Crippen LogP contribution in [0.1, 0.15) is 142 Å². The average molecular weight is 534 g/mol. The maximum Gasteiger partial charge on any atom is 0.307 e. The first-order valence-electron chi connectivity index (χ1n) is 15.4. The Balaban J connectivity index is 2.20. The molecule has 1 aromatic rings. The van der Waals surface area contributed by atoms with Crippen LogP contribution >= 0.6 is 0 Å². The first-order chi connectivity index (χ1) is 18.3. The van der Waals surface area contributed by atoms with E-state index in [1.54, 1.807) is 6.20 Å². The van der Waals surface area contributed by atoms with Crippen LogP contribution in [-0.4, -0.2) is 38.8 Å². The quantitative estimate of drug-likeness (QED) is 0.113. The van der Waals surface area contributed by atoms with Gasteiger partial charge in [0.05, 0.1) is 18.3 Å². The topological polar surface area (TPSA) is 112 Å². The summed E-state index contributed by atoms with van der Waals surface area (Å²) in [6.45, 7) is 6.26. The zero-order valence-corrected chi connectivity index (χ0v) is 24.4. The fraction of sp³-hybridized carbons (Fsp3) is 0.806. The number of ketones is 1. The minimum Gasteiger partial charge on any atom is -0.481 e. The Bertz CT molecular complexity index is 748. The van der Waals surface area contributed by atoms with E-state index in [9.17, 15) is 19.5 Å². The van der Waals surface area contributed by atoms with E-state index < -0.39 is 17.9 Å². The molecule has 0 radical (unpaired) electrons. The van der Waals surface area contributed by atoms with Crippen molar-refractivity contribution in [2.45, 2.75) is 149 Å². The Labute approximate surface area is 231 Å². The van der Waals surface area contributed by atoms with Crippen LogP contribution in [0.5, 0.6) is 0 Å². The molecule has 1 rings (SSSR count). The molecule has 7 heteroatoms. The Hall–Kier alpha value is -2.18. The van der Waals surface area contributed by atoms with Gasteiger partial charge in [-0.05, 0) is 18.8 Å². The monoisotopic (exact) mass is 533 g/mol. The van der Waals surface area contributed by atoms with Crippen LogP contribution in [0.4, 0.5) is 0 Å². The number of carboxylic acids is 1. The van der Waals surface area contributed by atoms with Crippen molar-refractivity contribution in [3.63, 3.8) is 0 Å². The van der Waals surface area contributed by atoms with Crippen LogP contribution in [-0.2, 0) is 20.8 Å². The smallest absolute Gasteiger partial charge is 0.307 e. The number of hydrogen-bond acceptors (Lipinski definition) is 4. The molecule has 1 aromatic heterocycles. The molecule has 0 bridgehead atoms. The number of aromatic amines is 1. The SMILES string of the molecule is CCCCCCCCCCCCCCCCCC(=O)NC(CC(C)C)C(=O)CC(Cc1cnc[nH]1)C(=O)O. The standard InChI is InChI=1S/C31H55N3O4/c1-4-5-6-7-8-9-10-11-12-13-14-15-16-17-18-19-30(36)34-28(20-25(2)3)29(35)22-26(31(37)38)21-27-23-32-24-33-27/h23-26,28H,4-22H2,1-3H3,(H,32,33)(H,34,36)(H,37,38). The van der Waals surface area contributed by atoms with E-state index >= 15 is 0 Å². The second-order valence-electron chi connectivity index (χ2n) is 11.4. The maximum atomic E-state index is 13.0. The van der Waals surface area contributed by atoms with Gasteiger partial charge in [0.1, 0.15) is 0 Å². The van der Waals surface area contributed by atoms with E-state index in [-0.39, 0.29) is 30.4 Å². The molecule has 0 saturated heterocycles. The van der Waals surface area contributed by atoms with Gasteiger partial charge in [-0.15, -0.1) is 0 Å². The van der Waals surface area contributed by atoms with Gasteiger partial charge in [-0.3, -0.25) is 14.4 Å². The molecule has 7 nitrogen and oxygen atoms in total. The second-order valence-corrected chi connectivity index (χ2v) is 11.4. The number of carbonyl (C=O) groups excluding carboxylic acids is 2. The highest BCUT2D eigenvalue weighted by molar-refractivity contribution is 5.91. The highest BCUT2D eigenvalue weighted by Gasteiger charge is 2.28. The largest absolute Gasteiger partial charge is 0.481 e. The van der Waals surface area contributed by atoms with Gasteiger partial charge in [0.15, 0.2) is 5.78 Å².